The molecule has 0 fully saturated rings. The lowest BCUT2D eigenvalue weighted by Crippen LogP contribution is -2.39. The van der Waals surface area contributed by atoms with Gasteiger partial charge < -0.3 is 9.74 Å². The molecule has 0 aliphatic rings. The molecule has 1 atom stereocenters. The molecule has 19 heavy (non-hydrogen) atoms. The predicted molar refractivity (Wildman–Crippen MR) is 80.4 cm³/mol. The number of nitrogens with zero attached hydrogens (tertiary/aromatic N) is 2. The van der Waals surface area contributed by atoms with E-state index in [1.165, 1.54) is 10.8 Å². The zero-order valence-electron chi connectivity index (χ0n) is 12.1. The number of hydroxylamine groups is 2. The first-order chi connectivity index (χ1) is 9.06. The minimum absolute atomic E-state index is 0.335. The Bertz CT molecular complexity index is 539. The van der Waals surface area contributed by atoms with E-state index in [2.05, 4.69) is 50.2 Å². The first kappa shape index (κ1) is 13.8. The fourth-order valence-electron chi connectivity index (χ4n) is 2.12. The third-order valence-electron chi connectivity index (χ3n) is 3.22. The molecule has 2 aromatic rings. The van der Waals surface area contributed by atoms with Crippen LogP contribution in [0.4, 0.5) is 0 Å². The number of benzene rings is 2. The molecular weight excluding hydrogens is 236 g/mol. The van der Waals surface area contributed by atoms with Crippen molar-refractivity contribution in [2.24, 2.45) is 0 Å². The molecule has 0 aliphatic carbocycles. The van der Waals surface area contributed by atoms with Crippen LogP contribution in [-0.2, 0) is 0 Å². The summed E-state index contributed by atoms with van der Waals surface area (Å²) in [5.74, 6) is 0.881. The second-order valence-corrected chi connectivity index (χ2v) is 5.26. The van der Waals surface area contributed by atoms with Gasteiger partial charge in [-0.3, -0.25) is 0 Å². The van der Waals surface area contributed by atoms with Crippen LogP contribution in [0.5, 0.6) is 5.75 Å². The quantitative estimate of drug-likeness (QED) is 0.767. The average Bonchev–Trinajstić information content (AvgIpc) is 2.37. The Hall–Kier alpha value is -1.58. The van der Waals surface area contributed by atoms with Crippen molar-refractivity contribution in [2.45, 2.75) is 13.0 Å². The summed E-state index contributed by atoms with van der Waals surface area (Å²) in [6.07, 6.45) is 0. The van der Waals surface area contributed by atoms with Crippen LogP contribution in [-0.4, -0.2) is 43.7 Å². The molecule has 0 spiro atoms. The van der Waals surface area contributed by atoms with Crippen molar-refractivity contribution in [3.8, 4) is 5.75 Å². The van der Waals surface area contributed by atoms with E-state index in [4.69, 9.17) is 4.84 Å². The third kappa shape index (κ3) is 3.69. The van der Waals surface area contributed by atoms with E-state index in [9.17, 15) is 0 Å². The summed E-state index contributed by atoms with van der Waals surface area (Å²) in [6.45, 7) is 3.12. The molecule has 0 bridgehead atoms. The summed E-state index contributed by atoms with van der Waals surface area (Å²) in [5, 5.41) is 4.34. The fraction of sp³-hybridized carbons (Fsp3) is 0.375. The number of hydrogen-bond acceptors (Lipinski definition) is 3. The molecule has 2 aromatic carbocycles. The highest BCUT2D eigenvalue weighted by Gasteiger charge is 2.12. The maximum Gasteiger partial charge on any atom is 0.148 e. The van der Waals surface area contributed by atoms with Gasteiger partial charge in [0.05, 0.1) is 6.04 Å². The van der Waals surface area contributed by atoms with Crippen LogP contribution < -0.4 is 4.84 Å². The molecule has 0 N–H and O–H groups in total. The van der Waals surface area contributed by atoms with Crippen LogP contribution in [0.15, 0.2) is 42.5 Å². The van der Waals surface area contributed by atoms with Crippen molar-refractivity contribution in [1.29, 1.82) is 0 Å². The standard InChI is InChI=1S/C16H22N2O/c1-13(12-17(2)3)18(4)19-16-10-9-14-7-5-6-8-15(14)11-16/h5-11,13H,12H2,1-4H3. The van der Waals surface area contributed by atoms with Crippen molar-refractivity contribution in [3.63, 3.8) is 0 Å². The zero-order valence-corrected chi connectivity index (χ0v) is 12.1. The molecule has 3 heteroatoms. The van der Waals surface area contributed by atoms with Crippen molar-refractivity contribution in [1.82, 2.24) is 9.96 Å². The number of rotatable bonds is 5. The van der Waals surface area contributed by atoms with Crippen LogP contribution in [0.2, 0.25) is 0 Å². The molecule has 0 saturated heterocycles. The van der Waals surface area contributed by atoms with Gasteiger partial charge >= 0.3 is 0 Å². The maximum atomic E-state index is 5.89. The van der Waals surface area contributed by atoms with E-state index in [1.807, 2.05) is 30.3 Å². The molecule has 0 aromatic heterocycles. The second kappa shape index (κ2) is 6.04. The molecule has 0 aliphatic heterocycles. The van der Waals surface area contributed by atoms with Gasteiger partial charge in [-0.15, -0.1) is 5.06 Å². The topological polar surface area (TPSA) is 15.7 Å². The predicted octanol–water partition coefficient (Wildman–Crippen LogP) is 3.02. The smallest absolute Gasteiger partial charge is 0.148 e. The molecule has 3 nitrogen and oxygen atoms in total. The fourth-order valence-corrected chi connectivity index (χ4v) is 2.12. The highest BCUT2D eigenvalue weighted by Crippen LogP contribution is 2.21. The Morgan fingerprint density at radius 3 is 2.37 bits per heavy atom. The van der Waals surface area contributed by atoms with Crippen LogP contribution >= 0.6 is 0 Å². The molecular formula is C16H22N2O. The van der Waals surface area contributed by atoms with Crippen molar-refractivity contribution in [2.75, 3.05) is 27.7 Å². The summed E-state index contributed by atoms with van der Waals surface area (Å²) < 4.78 is 0. The SMILES string of the molecule is CC(CN(C)C)N(C)Oc1ccc2ccccc2c1. The van der Waals surface area contributed by atoms with Gasteiger partial charge in [-0.25, -0.2) is 0 Å². The molecule has 2 rings (SSSR count). The molecule has 0 radical (unpaired) electrons. The van der Waals surface area contributed by atoms with E-state index in [0.29, 0.717) is 6.04 Å². The third-order valence-corrected chi connectivity index (χ3v) is 3.22. The normalized spacial score (nSPS) is 13.2. The number of hydrogen-bond donors (Lipinski definition) is 0. The first-order valence-corrected chi connectivity index (χ1v) is 6.60. The Morgan fingerprint density at radius 1 is 1.00 bits per heavy atom. The first-order valence-electron chi connectivity index (χ1n) is 6.60. The van der Waals surface area contributed by atoms with Gasteiger partial charge in [0.25, 0.3) is 0 Å². The van der Waals surface area contributed by atoms with Crippen molar-refractivity contribution < 1.29 is 4.84 Å². The Balaban J connectivity index is 2.08. The van der Waals surface area contributed by atoms with Gasteiger partial charge in [-0.1, -0.05) is 30.3 Å². The lowest BCUT2D eigenvalue weighted by atomic mass is 10.1. The lowest BCUT2D eigenvalue weighted by Gasteiger charge is -2.26. The molecule has 1 unspecified atom stereocenters. The van der Waals surface area contributed by atoms with Crippen LogP contribution in [0.25, 0.3) is 10.8 Å². The van der Waals surface area contributed by atoms with E-state index < -0.39 is 0 Å². The highest BCUT2D eigenvalue weighted by atomic mass is 16.7. The van der Waals surface area contributed by atoms with E-state index in [0.717, 1.165) is 12.3 Å². The van der Waals surface area contributed by atoms with Gasteiger partial charge in [0.1, 0.15) is 5.75 Å². The molecule has 0 heterocycles. The summed E-state index contributed by atoms with van der Waals surface area (Å²) in [4.78, 5) is 8.05. The summed E-state index contributed by atoms with van der Waals surface area (Å²) in [7, 11) is 6.12. The summed E-state index contributed by atoms with van der Waals surface area (Å²) in [5.41, 5.74) is 0. The van der Waals surface area contributed by atoms with Gasteiger partial charge in [-0.2, -0.15) is 0 Å². The second-order valence-electron chi connectivity index (χ2n) is 5.26. The molecule has 102 valence electrons. The highest BCUT2D eigenvalue weighted by molar-refractivity contribution is 5.83. The maximum absolute atomic E-state index is 5.89. The Kier molecular flexibility index (Phi) is 4.40. The largest absolute Gasteiger partial charge is 0.406 e. The van der Waals surface area contributed by atoms with Crippen LogP contribution in [0, 0.1) is 0 Å². The minimum Gasteiger partial charge on any atom is -0.406 e. The Morgan fingerprint density at radius 2 is 1.68 bits per heavy atom. The van der Waals surface area contributed by atoms with Crippen molar-refractivity contribution in [3.05, 3.63) is 42.5 Å². The molecule has 0 amide bonds. The zero-order chi connectivity index (χ0) is 13.8. The van der Waals surface area contributed by atoms with Gasteiger partial charge in [0, 0.05) is 13.6 Å². The van der Waals surface area contributed by atoms with E-state index in [1.54, 1.807) is 0 Å². The van der Waals surface area contributed by atoms with Gasteiger partial charge in [0.15, 0.2) is 0 Å². The van der Waals surface area contributed by atoms with E-state index >= 15 is 0 Å². The monoisotopic (exact) mass is 258 g/mol. The minimum atomic E-state index is 0.335. The van der Waals surface area contributed by atoms with Crippen molar-refractivity contribution >= 4 is 10.8 Å². The summed E-state index contributed by atoms with van der Waals surface area (Å²) >= 11 is 0. The number of fused-ring (bicyclic) bond motifs is 1. The lowest BCUT2D eigenvalue weighted by molar-refractivity contribution is -0.0701. The van der Waals surface area contributed by atoms with Crippen LogP contribution in [0.1, 0.15) is 6.92 Å². The van der Waals surface area contributed by atoms with Gasteiger partial charge in [-0.05, 0) is 43.9 Å². The van der Waals surface area contributed by atoms with Crippen LogP contribution in [0.3, 0.4) is 0 Å². The van der Waals surface area contributed by atoms with Gasteiger partial charge in [0.2, 0.25) is 0 Å². The number of likely N-dealkylation sites (N-methyl/N-ethyl adjacent to an activating group) is 2. The van der Waals surface area contributed by atoms with E-state index in [-0.39, 0.29) is 0 Å². The average molecular weight is 258 g/mol. The summed E-state index contributed by atoms with van der Waals surface area (Å²) in [6, 6.07) is 14.8. The Labute approximate surface area is 115 Å². The molecule has 0 saturated carbocycles.